The van der Waals surface area contributed by atoms with Gasteiger partial charge in [-0.1, -0.05) is 34.8 Å². The third-order valence-corrected chi connectivity index (χ3v) is 3.55. The van der Waals surface area contributed by atoms with Crippen molar-refractivity contribution >= 4 is 52.5 Å². The predicted molar refractivity (Wildman–Crippen MR) is 81.7 cm³/mol. The summed E-state index contributed by atoms with van der Waals surface area (Å²) in [5.41, 5.74) is 0.111. The molecule has 0 aliphatic carbocycles. The minimum atomic E-state index is -2.21. The highest BCUT2D eigenvalue weighted by molar-refractivity contribution is 6.77. The summed E-state index contributed by atoms with van der Waals surface area (Å²) in [6, 6.07) is -0.719. The lowest BCUT2D eigenvalue weighted by molar-refractivity contribution is -0.141. The number of hydrogen-bond donors (Lipinski definition) is 0. The number of methoxy groups -OCH3 is 2. The van der Waals surface area contributed by atoms with Crippen LogP contribution in [-0.4, -0.2) is 53.7 Å². The Balaban J connectivity index is 3.26. The van der Waals surface area contributed by atoms with Crippen molar-refractivity contribution in [2.24, 2.45) is 0 Å². The first kappa shape index (κ1) is 18.8. The first-order valence-electron chi connectivity index (χ1n) is 6.03. The predicted octanol–water partition coefficient (Wildman–Crippen LogP) is 1.79. The maximum absolute atomic E-state index is 12.3. The van der Waals surface area contributed by atoms with Gasteiger partial charge in [0.25, 0.3) is 3.79 Å². The van der Waals surface area contributed by atoms with Crippen molar-refractivity contribution in [3.63, 3.8) is 0 Å². The lowest BCUT2D eigenvalue weighted by Gasteiger charge is -2.32. The summed E-state index contributed by atoms with van der Waals surface area (Å²) in [5.74, 6) is -2.03. The first-order chi connectivity index (χ1) is 10.1. The second-order valence-corrected chi connectivity index (χ2v) is 6.75. The molecule has 1 heterocycles. The van der Waals surface area contributed by atoms with Crippen molar-refractivity contribution in [1.82, 2.24) is 4.90 Å². The van der Waals surface area contributed by atoms with Crippen molar-refractivity contribution in [1.29, 1.82) is 0 Å². The molecule has 0 bridgehead atoms. The van der Waals surface area contributed by atoms with Crippen LogP contribution < -0.4 is 0 Å². The van der Waals surface area contributed by atoms with E-state index < -0.39 is 27.6 Å². The monoisotopic (exact) mass is 369 g/mol. The number of carbonyl (C=O) groups excluding carboxylic acids is 3. The van der Waals surface area contributed by atoms with Crippen molar-refractivity contribution in [3.8, 4) is 0 Å². The number of likely N-dealkylation sites (N-methyl/N-ethyl adjacent to an activating group) is 1. The minimum absolute atomic E-state index is 0.0100. The zero-order chi connectivity index (χ0) is 17.1. The summed E-state index contributed by atoms with van der Waals surface area (Å²) in [6.07, 6.45) is 2.55. The van der Waals surface area contributed by atoms with E-state index in [-0.39, 0.29) is 17.6 Å². The van der Waals surface area contributed by atoms with Crippen LogP contribution in [0.5, 0.6) is 0 Å². The van der Waals surface area contributed by atoms with Gasteiger partial charge in [-0.25, -0.2) is 4.79 Å². The fraction of sp³-hybridized carbons (Fsp3) is 0.462. The molecule has 0 aromatic carbocycles. The SMILES string of the molecule is COC(=O)CC1C(C(=O)C(Cl)(Cl)Cl)=CC(C(=O)OC)=CN1C. The Hall–Kier alpha value is -1.24. The minimum Gasteiger partial charge on any atom is -0.469 e. The van der Waals surface area contributed by atoms with Crippen LogP contribution in [0.3, 0.4) is 0 Å². The highest BCUT2D eigenvalue weighted by atomic mass is 35.6. The van der Waals surface area contributed by atoms with Gasteiger partial charge >= 0.3 is 11.9 Å². The van der Waals surface area contributed by atoms with Gasteiger partial charge < -0.3 is 14.4 Å². The van der Waals surface area contributed by atoms with E-state index in [1.54, 1.807) is 7.05 Å². The second kappa shape index (κ2) is 7.35. The summed E-state index contributed by atoms with van der Waals surface area (Å²) in [6.45, 7) is 0. The molecule has 1 aliphatic rings. The smallest absolute Gasteiger partial charge is 0.339 e. The molecule has 0 radical (unpaired) electrons. The molecule has 22 heavy (non-hydrogen) atoms. The molecule has 1 unspecified atom stereocenters. The van der Waals surface area contributed by atoms with Crippen LogP contribution >= 0.6 is 34.8 Å². The molecule has 0 saturated heterocycles. The van der Waals surface area contributed by atoms with Crippen molar-refractivity contribution in [2.45, 2.75) is 16.3 Å². The largest absolute Gasteiger partial charge is 0.469 e. The Kier molecular flexibility index (Phi) is 6.28. The number of halogens is 3. The van der Waals surface area contributed by atoms with Gasteiger partial charge in [0.05, 0.1) is 32.3 Å². The molecule has 0 spiro atoms. The van der Waals surface area contributed by atoms with Gasteiger partial charge in [-0.3, -0.25) is 9.59 Å². The average Bonchev–Trinajstić information content (AvgIpc) is 2.46. The standard InChI is InChI=1S/C13H14Cl3NO5/c1-17-6-7(12(20)22-3)4-8(11(19)13(14,15)16)9(17)5-10(18)21-2/h4,6,9H,5H2,1-3H3. The van der Waals surface area contributed by atoms with Crippen LogP contribution in [0.2, 0.25) is 0 Å². The van der Waals surface area contributed by atoms with E-state index in [0.29, 0.717) is 0 Å². The molecule has 0 aromatic rings. The second-order valence-electron chi connectivity index (χ2n) is 4.46. The number of hydrogen-bond acceptors (Lipinski definition) is 6. The topological polar surface area (TPSA) is 72.9 Å². The lowest BCUT2D eigenvalue weighted by Crippen LogP contribution is -2.40. The van der Waals surface area contributed by atoms with Gasteiger partial charge in [0.15, 0.2) is 0 Å². The summed E-state index contributed by atoms with van der Waals surface area (Å²) in [5, 5.41) is 0. The Labute approximate surface area is 142 Å². The molecule has 1 aliphatic heterocycles. The molecular formula is C13H14Cl3NO5. The maximum Gasteiger partial charge on any atom is 0.339 e. The van der Waals surface area contributed by atoms with Gasteiger partial charge in [-0.15, -0.1) is 0 Å². The molecule has 1 rings (SSSR count). The highest BCUT2D eigenvalue weighted by Crippen LogP contribution is 2.34. The number of ether oxygens (including phenoxy) is 2. The van der Waals surface area contributed by atoms with E-state index in [2.05, 4.69) is 9.47 Å². The zero-order valence-corrected chi connectivity index (χ0v) is 14.3. The van der Waals surface area contributed by atoms with Crippen LogP contribution in [-0.2, 0) is 23.9 Å². The number of Topliss-reactive ketones (excluding diaryl/α,β-unsaturated/α-hetero) is 1. The molecule has 0 amide bonds. The van der Waals surface area contributed by atoms with Crippen LogP contribution in [0.15, 0.2) is 23.4 Å². The molecule has 0 fully saturated rings. The highest BCUT2D eigenvalue weighted by Gasteiger charge is 2.40. The van der Waals surface area contributed by atoms with Crippen molar-refractivity contribution in [2.75, 3.05) is 21.3 Å². The van der Waals surface area contributed by atoms with Gasteiger partial charge in [-0.05, 0) is 6.08 Å². The molecule has 0 N–H and O–H groups in total. The third-order valence-electron chi connectivity index (χ3n) is 3.03. The van der Waals surface area contributed by atoms with Crippen LogP contribution in [0.4, 0.5) is 0 Å². The number of alkyl halides is 3. The quantitative estimate of drug-likeness (QED) is 0.555. The molecular weight excluding hydrogens is 357 g/mol. The van der Waals surface area contributed by atoms with E-state index in [1.807, 2.05) is 0 Å². The Morgan fingerprint density at radius 3 is 2.27 bits per heavy atom. The number of carbonyl (C=O) groups is 3. The summed E-state index contributed by atoms with van der Waals surface area (Å²) >= 11 is 16.9. The van der Waals surface area contributed by atoms with E-state index >= 15 is 0 Å². The lowest BCUT2D eigenvalue weighted by atomic mass is 9.93. The summed E-state index contributed by atoms with van der Waals surface area (Å²) < 4.78 is 7.00. The fourth-order valence-corrected chi connectivity index (χ4v) is 2.26. The van der Waals surface area contributed by atoms with E-state index in [1.165, 1.54) is 31.4 Å². The van der Waals surface area contributed by atoms with Gasteiger partial charge in [0.2, 0.25) is 5.78 Å². The van der Waals surface area contributed by atoms with E-state index in [4.69, 9.17) is 34.8 Å². The molecule has 6 nitrogen and oxygen atoms in total. The van der Waals surface area contributed by atoms with Crippen molar-refractivity contribution < 1.29 is 23.9 Å². The number of ketones is 1. The zero-order valence-electron chi connectivity index (χ0n) is 12.1. The molecule has 0 saturated carbocycles. The Bertz CT molecular complexity index is 550. The summed E-state index contributed by atoms with van der Waals surface area (Å²) in [7, 11) is 4.00. The van der Waals surface area contributed by atoms with Gasteiger partial charge in [0.1, 0.15) is 0 Å². The van der Waals surface area contributed by atoms with Crippen molar-refractivity contribution in [3.05, 3.63) is 23.4 Å². The average molecular weight is 371 g/mol. The Morgan fingerprint density at radius 1 is 1.23 bits per heavy atom. The normalized spacial score (nSPS) is 18.3. The molecule has 122 valence electrons. The number of rotatable bonds is 4. The number of esters is 2. The Morgan fingerprint density at radius 2 is 1.82 bits per heavy atom. The van der Waals surface area contributed by atoms with Gasteiger partial charge in [0, 0.05) is 18.8 Å². The summed E-state index contributed by atoms with van der Waals surface area (Å²) in [4.78, 5) is 36.9. The molecule has 1 atom stereocenters. The van der Waals surface area contributed by atoms with Crippen LogP contribution in [0.25, 0.3) is 0 Å². The fourth-order valence-electron chi connectivity index (χ4n) is 1.93. The van der Waals surface area contributed by atoms with Crippen LogP contribution in [0.1, 0.15) is 6.42 Å². The van der Waals surface area contributed by atoms with E-state index in [9.17, 15) is 14.4 Å². The van der Waals surface area contributed by atoms with E-state index in [0.717, 1.165) is 0 Å². The maximum atomic E-state index is 12.3. The van der Waals surface area contributed by atoms with Crippen LogP contribution in [0, 0.1) is 0 Å². The van der Waals surface area contributed by atoms with Gasteiger partial charge in [-0.2, -0.15) is 0 Å². The number of nitrogens with zero attached hydrogens (tertiary/aromatic N) is 1. The third kappa shape index (κ3) is 4.38. The molecule has 0 aromatic heterocycles. The first-order valence-corrected chi connectivity index (χ1v) is 7.17. The molecule has 9 heteroatoms.